The zero-order valence-corrected chi connectivity index (χ0v) is 57.4. The Kier molecular flexibility index (Phi) is 16.6. The van der Waals surface area contributed by atoms with E-state index in [1.807, 2.05) is 107 Å². The first kappa shape index (κ1) is 66.2. The fraction of sp³-hybridized carbons (Fsp3) is 0.167. The molecule has 7 heterocycles. The van der Waals surface area contributed by atoms with Crippen LogP contribution in [0.25, 0.3) is 110 Å². The van der Waals surface area contributed by atoms with Gasteiger partial charge in [0.15, 0.2) is 0 Å². The summed E-state index contributed by atoms with van der Waals surface area (Å²) >= 11 is 3.45. The van der Waals surface area contributed by atoms with Gasteiger partial charge in [-0.1, -0.05) is 58.4 Å². The number of fused-ring (bicyclic) bond motifs is 12. The lowest BCUT2D eigenvalue weighted by atomic mass is 9.77. The first-order valence-corrected chi connectivity index (χ1v) is 34.9. The largest absolute Gasteiger partial charge is 0.497 e. The fourth-order valence-electron chi connectivity index (χ4n) is 12.0. The zero-order chi connectivity index (χ0) is 69.8. The van der Waals surface area contributed by atoms with Crippen LogP contribution in [-0.2, 0) is 29.4 Å². The molecule has 0 radical (unpaired) electrons. The van der Waals surface area contributed by atoms with E-state index in [2.05, 4.69) is 26.6 Å². The first-order chi connectivity index (χ1) is 46.4. The van der Waals surface area contributed by atoms with Crippen molar-refractivity contribution in [2.75, 3.05) is 49.3 Å². The van der Waals surface area contributed by atoms with Crippen LogP contribution < -0.4 is 36.2 Å². The number of hydrogen-bond acceptors (Lipinski definition) is 14. The maximum Gasteiger partial charge on any atom is 0.497 e. The summed E-state index contributed by atoms with van der Waals surface area (Å²) in [6.45, 7) is 7.58. The third-order valence-corrected chi connectivity index (χ3v) is 20.8. The Morgan fingerprint density at radius 1 is 0.490 bits per heavy atom. The molecule has 498 valence electrons. The molecule has 0 saturated carbocycles. The Balaban J connectivity index is 0.000000142. The van der Waals surface area contributed by atoms with Crippen molar-refractivity contribution in [2.24, 2.45) is 0 Å². The highest BCUT2D eigenvalue weighted by Crippen LogP contribution is 2.44. The van der Waals surface area contributed by atoms with Gasteiger partial charge in [0.05, 0.1) is 68.3 Å². The second-order valence-corrected chi connectivity index (χ2v) is 29.5. The number of amides is 2. The Labute approximate surface area is 566 Å². The molecular formula is C72H60BBrF2N6O14S2. The van der Waals surface area contributed by atoms with E-state index in [1.54, 1.807) is 46.9 Å². The van der Waals surface area contributed by atoms with Crippen LogP contribution in [0.4, 0.5) is 20.2 Å². The predicted octanol–water partition coefficient (Wildman–Crippen LogP) is 13.4. The maximum absolute atomic E-state index is 13.7. The van der Waals surface area contributed by atoms with E-state index in [9.17, 15) is 44.8 Å². The van der Waals surface area contributed by atoms with E-state index in [4.69, 9.17) is 27.0 Å². The molecule has 2 N–H and O–H groups in total. The van der Waals surface area contributed by atoms with Crippen LogP contribution in [0.3, 0.4) is 0 Å². The topological polar surface area (TPSA) is 247 Å². The molecule has 0 bridgehead atoms. The summed E-state index contributed by atoms with van der Waals surface area (Å²) in [4.78, 5) is 51.3. The number of furan rings is 2. The van der Waals surface area contributed by atoms with Gasteiger partial charge in [0.2, 0.25) is 20.0 Å². The molecular weight excluding hydrogens is 1370 g/mol. The summed E-state index contributed by atoms with van der Waals surface area (Å²) in [5, 5.41) is 9.58. The normalized spacial score (nSPS) is 13.7. The van der Waals surface area contributed by atoms with E-state index in [1.165, 1.54) is 81.1 Å². The molecule has 15 rings (SSSR count). The lowest BCUT2D eigenvalue weighted by molar-refractivity contribution is 0.00578. The second kappa shape index (κ2) is 24.6. The minimum Gasteiger partial charge on any atom is -0.455 e. The van der Waals surface area contributed by atoms with Crippen LogP contribution in [0.2, 0.25) is 0 Å². The van der Waals surface area contributed by atoms with Crippen molar-refractivity contribution in [3.8, 4) is 33.8 Å². The van der Waals surface area contributed by atoms with Gasteiger partial charge in [0, 0.05) is 99.3 Å². The average Bonchev–Trinajstić information content (AvgIpc) is 1.53. The van der Waals surface area contributed by atoms with Gasteiger partial charge in [-0.3, -0.25) is 18.2 Å². The van der Waals surface area contributed by atoms with Crippen LogP contribution in [-0.4, -0.2) is 96.5 Å². The van der Waals surface area contributed by atoms with Crippen molar-refractivity contribution in [1.29, 1.82) is 0 Å². The van der Waals surface area contributed by atoms with E-state index in [-0.39, 0.29) is 39.6 Å². The molecule has 0 aliphatic carbocycles. The standard InChI is InChI=1S/C33H24FN3O6S.C24H28BFN2O6S.C15H8BrNO2/c1-35-32(38)30-24-16-22(26(36(2)44(3,40)41)17-29(24)42-31(30)18-8-11-21(34)12-9-18)19-10-13-28-23(14-19)27-15-20-6-4-5-7-25(20)37(27)33(39)43-28;1-23(2)24(3,4)34-25(33-23)17-12-16-19(13-18(17)28(6)35(7,30)31)32-21(20(16)22(29)27-5)14-8-10-15(26)11-9-14;16-10-5-6-14-11(8-10)13-7-9-3-1-2-4-12(9)17(13)15(18)19-14/h4-17H,1-3H3,(H,35,38);8-13H,1-7H3,(H,27,29);1-8H. The number of benzene rings is 8. The Morgan fingerprint density at radius 2 is 0.908 bits per heavy atom. The Hall–Kier alpha value is -10.4. The minimum absolute atomic E-state index is 0.214. The Bertz CT molecular complexity index is 5990. The smallest absolute Gasteiger partial charge is 0.455 e. The molecule has 1 fully saturated rings. The van der Waals surface area contributed by atoms with Crippen molar-refractivity contribution in [2.45, 2.75) is 38.9 Å². The molecule has 1 aliphatic heterocycles. The van der Waals surface area contributed by atoms with Gasteiger partial charge in [0.25, 0.3) is 11.8 Å². The lowest BCUT2D eigenvalue weighted by Crippen LogP contribution is -2.41. The average molecular weight is 1430 g/mol. The molecule has 1 aliphatic rings. The third kappa shape index (κ3) is 11.7. The van der Waals surface area contributed by atoms with Crippen LogP contribution in [0, 0.1) is 11.6 Å². The molecule has 1 saturated heterocycles. The predicted molar refractivity (Wildman–Crippen MR) is 381 cm³/mol. The SMILES string of the molecule is CNC(=O)c1c(-c2ccc(F)cc2)oc2cc(N(C)S(C)(=O)=O)c(-c3ccc4oc(=O)n5c6ccccc6cc5c4c3)cc12.CNC(=O)c1c(-c2ccc(F)cc2)oc2cc(N(C)S(C)(=O)=O)c(B3OC(C)(C)C(C)(C)O3)cc12.O=c1oc2ccc(Br)cc2c2cc3ccccc3n12. The van der Waals surface area contributed by atoms with E-state index >= 15 is 0 Å². The monoisotopic (exact) mass is 1420 g/mol. The molecule has 0 unspecified atom stereocenters. The Morgan fingerprint density at radius 3 is 1.38 bits per heavy atom. The molecule has 6 aromatic heterocycles. The molecule has 2 amide bonds. The number of carbonyl (C=O) groups is 2. The van der Waals surface area contributed by atoms with Gasteiger partial charge < -0.3 is 37.6 Å². The summed E-state index contributed by atoms with van der Waals surface area (Å²) in [5.41, 5.74) is 6.79. The number of nitrogens with one attached hydrogen (secondary N) is 2. The van der Waals surface area contributed by atoms with E-state index in [0.717, 1.165) is 52.8 Å². The quantitative estimate of drug-likeness (QED) is 0.121. The number of aromatic nitrogens is 2. The number of sulfonamides is 2. The number of halogens is 3. The molecule has 0 atom stereocenters. The fourth-order valence-corrected chi connectivity index (χ4v) is 13.4. The van der Waals surface area contributed by atoms with Crippen LogP contribution >= 0.6 is 15.9 Å². The number of para-hydroxylation sites is 2. The number of hydrogen-bond donors (Lipinski definition) is 2. The zero-order valence-electron chi connectivity index (χ0n) is 54.2. The van der Waals surface area contributed by atoms with Crippen LogP contribution in [0.15, 0.2) is 202 Å². The van der Waals surface area contributed by atoms with Gasteiger partial charge in [-0.05, 0) is 149 Å². The first-order valence-electron chi connectivity index (χ1n) is 30.5. The molecule has 8 aromatic carbocycles. The van der Waals surface area contributed by atoms with Gasteiger partial charge in [0.1, 0.15) is 45.5 Å². The van der Waals surface area contributed by atoms with Crippen LogP contribution in [0.5, 0.6) is 0 Å². The lowest BCUT2D eigenvalue weighted by Gasteiger charge is -2.32. The van der Waals surface area contributed by atoms with Gasteiger partial charge in [-0.15, -0.1) is 0 Å². The summed E-state index contributed by atoms with van der Waals surface area (Å²) < 4.78 is 120. The number of rotatable bonds is 10. The van der Waals surface area contributed by atoms with Crippen molar-refractivity contribution in [3.63, 3.8) is 0 Å². The van der Waals surface area contributed by atoms with Crippen molar-refractivity contribution < 1.29 is 62.2 Å². The molecule has 14 aromatic rings. The number of anilines is 2. The molecule has 20 nitrogen and oxygen atoms in total. The van der Waals surface area contributed by atoms with E-state index in [0.29, 0.717) is 77.4 Å². The molecule has 26 heteroatoms. The molecule has 0 spiro atoms. The van der Waals surface area contributed by atoms with Crippen molar-refractivity contribution >= 4 is 148 Å². The van der Waals surface area contributed by atoms with Crippen molar-refractivity contribution in [1.82, 2.24) is 19.4 Å². The highest BCUT2D eigenvalue weighted by atomic mass is 79.9. The van der Waals surface area contributed by atoms with Gasteiger partial charge in [-0.25, -0.2) is 44.0 Å². The summed E-state index contributed by atoms with van der Waals surface area (Å²) in [6, 6.07) is 47.6. The summed E-state index contributed by atoms with van der Waals surface area (Å²) in [7, 11) is -2.44. The molecule has 98 heavy (non-hydrogen) atoms. The van der Waals surface area contributed by atoms with Crippen LogP contribution in [0.1, 0.15) is 48.4 Å². The highest BCUT2D eigenvalue weighted by Gasteiger charge is 2.53. The minimum atomic E-state index is -3.73. The van der Waals surface area contributed by atoms with Gasteiger partial charge >= 0.3 is 18.6 Å². The van der Waals surface area contributed by atoms with E-state index < -0.39 is 67.6 Å². The summed E-state index contributed by atoms with van der Waals surface area (Å²) in [6.07, 6.45) is 2.18. The van der Waals surface area contributed by atoms with Gasteiger partial charge in [-0.2, -0.15) is 0 Å². The highest BCUT2D eigenvalue weighted by molar-refractivity contribution is 9.10. The second-order valence-electron chi connectivity index (χ2n) is 24.5. The maximum atomic E-state index is 13.7. The van der Waals surface area contributed by atoms with Crippen molar-refractivity contribution in [3.05, 3.63) is 218 Å². The third-order valence-electron chi connectivity index (χ3n) is 17.9. The number of carbonyl (C=O) groups excluding carboxylic acids is 2. The summed E-state index contributed by atoms with van der Waals surface area (Å²) in [5.74, 6) is -2.14. The number of nitrogens with zero attached hydrogens (tertiary/aromatic N) is 4.